The first kappa shape index (κ1) is 11.9. The Bertz CT molecular complexity index is 789. The van der Waals surface area contributed by atoms with E-state index in [0.29, 0.717) is 0 Å². The molecule has 3 heteroatoms. The van der Waals surface area contributed by atoms with E-state index in [4.69, 9.17) is 0 Å². The van der Waals surface area contributed by atoms with Gasteiger partial charge in [-0.3, -0.25) is 0 Å². The lowest BCUT2D eigenvalue weighted by atomic mass is 10.1. The van der Waals surface area contributed by atoms with E-state index in [1.165, 1.54) is 17.3 Å². The van der Waals surface area contributed by atoms with Crippen molar-refractivity contribution in [1.82, 2.24) is 8.75 Å². The summed E-state index contributed by atoms with van der Waals surface area (Å²) >= 11 is 1.24. The third kappa shape index (κ3) is 2.35. The van der Waals surface area contributed by atoms with Gasteiger partial charge in [0.05, 0.1) is 17.3 Å². The van der Waals surface area contributed by atoms with Gasteiger partial charge in [0.2, 0.25) is 0 Å². The summed E-state index contributed by atoms with van der Waals surface area (Å²) in [5.74, 6) is 6.37. The summed E-state index contributed by atoms with van der Waals surface area (Å²) in [6.07, 6.45) is 0. The average molecular weight is 264 g/mol. The monoisotopic (exact) mass is 264 g/mol. The summed E-state index contributed by atoms with van der Waals surface area (Å²) in [6, 6.07) is 12.3. The van der Waals surface area contributed by atoms with Gasteiger partial charge in [0.1, 0.15) is 11.0 Å². The molecule has 3 rings (SSSR count). The summed E-state index contributed by atoms with van der Waals surface area (Å²) < 4.78 is 8.64. The van der Waals surface area contributed by atoms with Crippen LogP contribution in [0, 0.1) is 25.7 Å². The maximum atomic E-state index is 4.33. The molecule has 0 spiro atoms. The fourth-order valence-corrected chi connectivity index (χ4v) is 2.49. The fraction of sp³-hybridized carbons (Fsp3) is 0.125. The van der Waals surface area contributed by atoms with Crippen molar-refractivity contribution in [3.05, 3.63) is 58.7 Å². The van der Waals surface area contributed by atoms with Crippen LogP contribution in [0.2, 0.25) is 0 Å². The van der Waals surface area contributed by atoms with Crippen LogP contribution in [0.3, 0.4) is 0 Å². The first-order valence-electron chi connectivity index (χ1n) is 6.04. The lowest BCUT2D eigenvalue weighted by Crippen LogP contribution is -1.83. The van der Waals surface area contributed by atoms with Gasteiger partial charge in [-0.15, -0.1) is 0 Å². The topological polar surface area (TPSA) is 25.8 Å². The van der Waals surface area contributed by atoms with Gasteiger partial charge in [0.25, 0.3) is 0 Å². The SMILES string of the molecule is Cc1ccc(C#Cc2ccc(C)c3nsnc23)cc1. The highest BCUT2D eigenvalue weighted by molar-refractivity contribution is 7.00. The molecule has 0 aliphatic heterocycles. The lowest BCUT2D eigenvalue weighted by molar-refractivity contribution is 1.46. The number of rotatable bonds is 0. The first-order chi connectivity index (χ1) is 9.24. The van der Waals surface area contributed by atoms with Gasteiger partial charge < -0.3 is 0 Å². The highest BCUT2D eigenvalue weighted by Gasteiger charge is 2.05. The van der Waals surface area contributed by atoms with Crippen molar-refractivity contribution in [3.8, 4) is 11.8 Å². The molecule has 92 valence electrons. The molecule has 0 saturated carbocycles. The number of hydrogen-bond acceptors (Lipinski definition) is 3. The van der Waals surface area contributed by atoms with Gasteiger partial charge in [0, 0.05) is 5.56 Å². The zero-order chi connectivity index (χ0) is 13.2. The van der Waals surface area contributed by atoms with Gasteiger partial charge in [-0.25, -0.2) is 0 Å². The Kier molecular flexibility index (Phi) is 3.02. The van der Waals surface area contributed by atoms with Gasteiger partial charge in [-0.1, -0.05) is 35.6 Å². The Morgan fingerprint density at radius 2 is 1.58 bits per heavy atom. The van der Waals surface area contributed by atoms with Crippen molar-refractivity contribution < 1.29 is 0 Å². The van der Waals surface area contributed by atoms with E-state index in [9.17, 15) is 0 Å². The van der Waals surface area contributed by atoms with E-state index in [1.807, 2.05) is 31.2 Å². The van der Waals surface area contributed by atoms with Crippen LogP contribution >= 0.6 is 11.7 Å². The number of benzene rings is 2. The molecule has 0 bridgehead atoms. The Morgan fingerprint density at radius 1 is 0.842 bits per heavy atom. The predicted molar refractivity (Wildman–Crippen MR) is 79.3 cm³/mol. The first-order valence-corrected chi connectivity index (χ1v) is 6.77. The van der Waals surface area contributed by atoms with Crippen LogP contribution in [0.1, 0.15) is 22.3 Å². The van der Waals surface area contributed by atoms with E-state index in [-0.39, 0.29) is 0 Å². The summed E-state index contributed by atoms with van der Waals surface area (Å²) in [4.78, 5) is 0. The molecule has 3 aromatic rings. The van der Waals surface area contributed by atoms with Crippen LogP contribution in [0.5, 0.6) is 0 Å². The molecule has 0 aliphatic rings. The summed E-state index contributed by atoms with van der Waals surface area (Å²) in [7, 11) is 0. The van der Waals surface area contributed by atoms with Crippen molar-refractivity contribution in [2.45, 2.75) is 13.8 Å². The summed E-state index contributed by atoms with van der Waals surface area (Å²) in [5, 5.41) is 0. The minimum Gasteiger partial charge on any atom is -0.173 e. The lowest BCUT2D eigenvalue weighted by Gasteiger charge is -1.96. The van der Waals surface area contributed by atoms with E-state index < -0.39 is 0 Å². The maximum Gasteiger partial charge on any atom is 0.120 e. The highest BCUT2D eigenvalue weighted by atomic mass is 32.1. The zero-order valence-corrected chi connectivity index (χ0v) is 11.6. The normalized spacial score (nSPS) is 10.2. The Hall–Kier alpha value is -2.18. The second-order valence-corrected chi connectivity index (χ2v) is 5.04. The molecule has 0 unspecified atom stereocenters. The standard InChI is InChI=1S/C16H12N2S/c1-11-3-6-13(7-4-11)8-10-14-9-5-12(2)15-16(14)18-19-17-15/h3-7,9H,1-2H3. The third-order valence-corrected chi connectivity index (χ3v) is 3.54. The van der Waals surface area contributed by atoms with E-state index in [0.717, 1.165) is 27.7 Å². The number of fused-ring (bicyclic) bond motifs is 1. The molecule has 1 aromatic heterocycles. The van der Waals surface area contributed by atoms with Crippen LogP contribution in [0.4, 0.5) is 0 Å². The highest BCUT2D eigenvalue weighted by Crippen LogP contribution is 2.19. The smallest absolute Gasteiger partial charge is 0.120 e. The molecule has 2 aromatic carbocycles. The second kappa shape index (κ2) is 4.83. The van der Waals surface area contributed by atoms with Gasteiger partial charge in [-0.2, -0.15) is 8.75 Å². The van der Waals surface area contributed by atoms with Gasteiger partial charge >= 0.3 is 0 Å². The molecule has 2 nitrogen and oxygen atoms in total. The molecule has 0 aliphatic carbocycles. The summed E-state index contributed by atoms with van der Waals surface area (Å²) in [6.45, 7) is 4.11. The molecule has 1 heterocycles. The Labute approximate surface area is 116 Å². The summed E-state index contributed by atoms with van der Waals surface area (Å²) in [5.41, 5.74) is 6.21. The molecule has 0 radical (unpaired) electrons. The Morgan fingerprint density at radius 3 is 2.37 bits per heavy atom. The molecule has 0 fully saturated rings. The predicted octanol–water partition coefficient (Wildman–Crippen LogP) is 3.71. The molecule has 19 heavy (non-hydrogen) atoms. The molecule has 0 saturated heterocycles. The van der Waals surface area contributed by atoms with Crippen LogP contribution in [0.25, 0.3) is 11.0 Å². The number of aromatic nitrogens is 2. The van der Waals surface area contributed by atoms with Crippen LogP contribution in [0.15, 0.2) is 36.4 Å². The van der Waals surface area contributed by atoms with Crippen LogP contribution < -0.4 is 0 Å². The quantitative estimate of drug-likeness (QED) is 0.578. The molecule has 0 amide bonds. The van der Waals surface area contributed by atoms with Crippen molar-refractivity contribution in [2.24, 2.45) is 0 Å². The zero-order valence-electron chi connectivity index (χ0n) is 10.8. The van der Waals surface area contributed by atoms with Crippen molar-refractivity contribution in [1.29, 1.82) is 0 Å². The van der Waals surface area contributed by atoms with E-state index in [1.54, 1.807) is 0 Å². The van der Waals surface area contributed by atoms with E-state index >= 15 is 0 Å². The molecular weight excluding hydrogens is 252 g/mol. The van der Waals surface area contributed by atoms with E-state index in [2.05, 4.69) is 39.6 Å². The third-order valence-electron chi connectivity index (χ3n) is 3.01. The average Bonchev–Trinajstić information content (AvgIpc) is 2.90. The maximum absolute atomic E-state index is 4.33. The molecule has 0 atom stereocenters. The fourth-order valence-electron chi connectivity index (χ4n) is 1.87. The van der Waals surface area contributed by atoms with Crippen molar-refractivity contribution in [2.75, 3.05) is 0 Å². The molecular formula is C16H12N2S. The number of hydrogen-bond donors (Lipinski definition) is 0. The van der Waals surface area contributed by atoms with Crippen LogP contribution in [-0.4, -0.2) is 8.75 Å². The minimum absolute atomic E-state index is 0.907. The van der Waals surface area contributed by atoms with Crippen molar-refractivity contribution in [3.63, 3.8) is 0 Å². The number of nitrogens with zero attached hydrogens (tertiary/aromatic N) is 2. The Balaban J connectivity index is 2.05. The van der Waals surface area contributed by atoms with Crippen molar-refractivity contribution >= 4 is 22.8 Å². The molecule has 0 N–H and O–H groups in total. The second-order valence-electron chi connectivity index (χ2n) is 4.51. The van der Waals surface area contributed by atoms with Gasteiger partial charge in [-0.05, 0) is 37.6 Å². The number of aryl methyl sites for hydroxylation is 2. The largest absolute Gasteiger partial charge is 0.173 e. The van der Waals surface area contributed by atoms with Gasteiger partial charge in [0.15, 0.2) is 0 Å². The minimum atomic E-state index is 0.907. The van der Waals surface area contributed by atoms with Crippen LogP contribution in [-0.2, 0) is 0 Å².